The first kappa shape index (κ1) is 17.1. The van der Waals surface area contributed by atoms with Crippen LogP contribution < -0.4 is 0 Å². The molecule has 0 aromatic carbocycles. The summed E-state index contributed by atoms with van der Waals surface area (Å²) in [5, 5.41) is -0.127. The molecule has 1 aromatic heterocycles. The maximum absolute atomic E-state index is 12.8. The number of hydrogen-bond acceptors (Lipinski definition) is 5. The molecule has 4 saturated carbocycles. The molecule has 0 unspecified atom stereocenters. The Balaban J connectivity index is 1.42. The number of carbonyl (C=O) groups excluding carboxylic acids is 1. The molecule has 4 aliphatic carbocycles. The van der Waals surface area contributed by atoms with Gasteiger partial charge in [0.2, 0.25) is 5.09 Å². The van der Waals surface area contributed by atoms with Crippen LogP contribution in [0.3, 0.4) is 0 Å². The summed E-state index contributed by atoms with van der Waals surface area (Å²) in [5.74, 6) is 2.27. The molecule has 5 rings (SSSR count). The van der Waals surface area contributed by atoms with Crippen LogP contribution in [0, 0.1) is 23.2 Å². The topological polar surface area (TPSA) is 76.8 Å². The van der Waals surface area contributed by atoms with E-state index in [-0.39, 0.29) is 23.1 Å². The molecular formula is C18H25NO5S. The first-order valence-electron chi connectivity index (χ1n) is 8.97. The van der Waals surface area contributed by atoms with Crippen LogP contribution in [0.15, 0.2) is 21.6 Å². The largest absolute Gasteiger partial charge is 0.457 e. The second-order valence-electron chi connectivity index (χ2n) is 8.28. The maximum Gasteiger partial charge on any atom is 0.312 e. The third kappa shape index (κ3) is 2.91. The minimum Gasteiger partial charge on any atom is -0.457 e. The van der Waals surface area contributed by atoms with Gasteiger partial charge >= 0.3 is 5.97 Å². The van der Waals surface area contributed by atoms with Crippen LogP contribution in [-0.2, 0) is 26.2 Å². The van der Waals surface area contributed by atoms with Gasteiger partial charge in [-0.15, -0.1) is 0 Å². The van der Waals surface area contributed by atoms with Crippen molar-refractivity contribution >= 4 is 16.0 Å². The molecule has 0 atom stereocenters. The van der Waals surface area contributed by atoms with E-state index >= 15 is 0 Å². The van der Waals surface area contributed by atoms with Gasteiger partial charge in [0.15, 0.2) is 0 Å². The van der Waals surface area contributed by atoms with Crippen molar-refractivity contribution in [3.63, 3.8) is 0 Å². The predicted octanol–water partition coefficient (Wildman–Crippen LogP) is 2.79. The Morgan fingerprint density at radius 3 is 2.24 bits per heavy atom. The molecule has 0 N–H and O–H groups in total. The van der Waals surface area contributed by atoms with Gasteiger partial charge in [-0.25, -0.2) is 12.7 Å². The molecular weight excluding hydrogens is 342 g/mol. The Hall–Kier alpha value is -1.34. The van der Waals surface area contributed by atoms with Gasteiger partial charge < -0.3 is 9.15 Å². The van der Waals surface area contributed by atoms with Gasteiger partial charge in [-0.1, -0.05) is 0 Å². The van der Waals surface area contributed by atoms with Crippen molar-refractivity contribution in [1.82, 2.24) is 4.31 Å². The lowest BCUT2D eigenvalue weighted by Gasteiger charge is -2.55. The minimum atomic E-state index is -3.61. The molecule has 7 heteroatoms. The number of carbonyl (C=O) groups is 1. The van der Waals surface area contributed by atoms with Crippen LogP contribution in [0.1, 0.15) is 44.3 Å². The standard InChI is InChI=1S/C18H25NO5S/c1-19(2)25(21,22)16-4-3-15(24-16)11-23-17(20)18-8-12-5-13(9-18)7-14(6-12)10-18/h3-4,12-14H,5-11H2,1-2H3. The summed E-state index contributed by atoms with van der Waals surface area (Å²) in [5.41, 5.74) is -0.306. The van der Waals surface area contributed by atoms with E-state index in [2.05, 4.69) is 0 Å². The molecule has 1 aromatic rings. The molecule has 1 heterocycles. The molecule has 0 amide bonds. The molecule has 4 bridgehead atoms. The Kier molecular flexibility index (Phi) is 3.99. The maximum atomic E-state index is 12.8. The van der Waals surface area contributed by atoms with E-state index in [1.54, 1.807) is 6.07 Å². The lowest BCUT2D eigenvalue weighted by Crippen LogP contribution is -2.50. The highest BCUT2D eigenvalue weighted by molar-refractivity contribution is 7.88. The monoisotopic (exact) mass is 367 g/mol. The molecule has 25 heavy (non-hydrogen) atoms. The Labute approximate surface area is 148 Å². The third-order valence-corrected chi connectivity index (χ3v) is 7.88. The predicted molar refractivity (Wildman–Crippen MR) is 90.0 cm³/mol. The van der Waals surface area contributed by atoms with Crippen LogP contribution in [-0.4, -0.2) is 32.8 Å². The molecule has 0 saturated heterocycles. The van der Waals surface area contributed by atoms with Gasteiger partial charge in [0.25, 0.3) is 10.0 Å². The van der Waals surface area contributed by atoms with Crippen LogP contribution in [0.2, 0.25) is 0 Å². The first-order valence-corrected chi connectivity index (χ1v) is 10.4. The van der Waals surface area contributed by atoms with Crippen LogP contribution in [0.4, 0.5) is 0 Å². The lowest BCUT2D eigenvalue weighted by molar-refractivity contribution is -0.173. The van der Waals surface area contributed by atoms with E-state index in [1.807, 2.05) is 0 Å². The summed E-state index contributed by atoms with van der Waals surface area (Å²) in [7, 11) is -0.707. The number of furan rings is 1. The van der Waals surface area contributed by atoms with E-state index in [9.17, 15) is 13.2 Å². The van der Waals surface area contributed by atoms with Crippen molar-refractivity contribution < 1.29 is 22.4 Å². The summed E-state index contributed by atoms with van der Waals surface area (Å²) >= 11 is 0. The fourth-order valence-corrected chi connectivity index (χ4v) is 6.22. The zero-order valence-electron chi connectivity index (χ0n) is 14.7. The summed E-state index contributed by atoms with van der Waals surface area (Å²) in [4.78, 5) is 12.8. The molecule has 0 radical (unpaired) electrons. The van der Waals surface area contributed by atoms with E-state index in [4.69, 9.17) is 9.15 Å². The average molecular weight is 367 g/mol. The molecule has 6 nitrogen and oxygen atoms in total. The quantitative estimate of drug-likeness (QED) is 0.748. The Bertz CT molecular complexity index is 744. The van der Waals surface area contributed by atoms with Crippen molar-refractivity contribution in [2.45, 2.75) is 50.2 Å². The second-order valence-corrected chi connectivity index (χ2v) is 10.4. The summed E-state index contributed by atoms with van der Waals surface area (Å²) in [6.45, 7) is -0.0104. The number of nitrogens with zero attached hydrogens (tertiary/aromatic N) is 1. The first-order chi connectivity index (χ1) is 11.8. The fraction of sp³-hybridized carbons (Fsp3) is 0.722. The van der Waals surface area contributed by atoms with E-state index in [0.717, 1.165) is 23.6 Å². The Morgan fingerprint density at radius 1 is 1.16 bits per heavy atom. The van der Waals surface area contributed by atoms with Crippen LogP contribution in [0.25, 0.3) is 0 Å². The van der Waals surface area contributed by atoms with Gasteiger partial charge in [-0.05, 0) is 68.4 Å². The molecule has 138 valence electrons. The van der Waals surface area contributed by atoms with Gasteiger partial charge in [-0.2, -0.15) is 0 Å². The zero-order chi connectivity index (χ0) is 17.8. The molecule has 4 fully saturated rings. The van der Waals surface area contributed by atoms with Gasteiger partial charge in [0.1, 0.15) is 12.4 Å². The van der Waals surface area contributed by atoms with Crippen molar-refractivity contribution in [2.75, 3.05) is 14.1 Å². The molecule has 4 aliphatic rings. The molecule has 0 aliphatic heterocycles. The highest BCUT2D eigenvalue weighted by atomic mass is 32.2. The summed E-state index contributed by atoms with van der Waals surface area (Å²) in [6.07, 6.45) is 6.69. The van der Waals surface area contributed by atoms with Crippen LogP contribution >= 0.6 is 0 Å². The van der Waals surface area contributed by atoms with Crippen molar-refractivity contribution in [3.8, 4) is 0 Å². The number of hydrogen-bond donors (Lipinski definition) is 0. The van der Waals surface area contributed by atoms with Gasteiger partial charge in [-0.3, -0.25) is 4.79 Å². The van der Waals surface area contributed by atoms with E-state index in [0.29, 0.717) is 23.5 Å². The summed E-state index contributed by atoms with van der Waals surface area (Å²) < 4.78 is 36.1. The summed E-state index contributed by atoms with van der Waals surface area (Å²) in [6, 6.07) is 2.96. The van der Waals surface area contributed by atoms with Crippen molar-refractivity contribution in [2.24, 2.45) is 23.2 Å². The SMILES string of the molecule is CN(C)S(=O)(=O)c1ccc(COC(=O)C23CC4CC(CC(C4)C2)C3)o1. The normalized spacial score (nSPS) is 33.8. The fourth-order valence-electron chi connectivity index (χ4n) is 5.40. The minimum absolute atomic E-state index is 0.0104. The van der Waals surface area contributed by atoms with Crippen molar-refractivity contribution in [3.05, 3.63) is 17.9 Å². The van der Waals surface area contributed by atoms with Crippen LogP contribution in [0.5, 0.6) is 0 Å². The lowest BCUT2D eigenvalue weighted by atomic mass is 9.49. The average Bonchev–Trinajstić information content (AvgIpc) is 3.00. The number of esters is 1. The Morgan fingerprint density at radius 2 is 1.72 bits per heavy atom. The third-order valence-electron chi connectivity index (χ3n) is 6.19. The van der Waals surface area contributed by atoms with E-state index < -0.39 is 10.0 Å². The van der Waals surface area contributed by atoms with Crippen molar-refractivity contribution in [1.29, 1.82) is 0 Å². The van der Waals surface area contributed by atoms with Gasteiger partial charge in [0.05, 0.1) is 5.41 Å². The molecule has 0 spiro atoms. The highest BCUT2D eigenvalue weighted by Crippen LogP contribution is 2.60. The zero-order valence-corrected chi connectivity index (χ0v) is 15.5. The number of ether oxygens (including phenoxy) is 1. The van der Waals surface area contributed by atoms with Gasteiger partial charge in [0, 0.05) is 14.1 Å². The number of sulfonamides is 1. The van der Waals surface area contributed by atoms with E-state index in [1.165, 1.54) is 39.4 Å². The number of rotatable bonds is 5. The smallest absolute Gasteiger partial charge is 0.312 e. The second kappa shape index (κ2) is 5.84. The highest BCUT2D eigenvalue weighted by Gasteiger charge is 2.55.